The number of aromatic nitrogens is 2. The summed E-state index contributed by atoms with van der Waals surface area (Å²) in [6, 6.07) is 14.1. The molecule has 7 nitrogen and oxygen atoms in total. The largest absolute Gasteiger partial charge is 0.486 e. The smallest absolute Gasteiger partial charge is 0.240 e. The zero-order valence-electron chi connectivity index (χ0n) is 18.0. The molecule has 31 heavy (non-hydrogen) atoms. The molecule has 8 heteroatoms. The van der Waals surface area contributed by atoms with Crippen LogP contribution in [0, 0.1) is 11.3 Å². The van der Waals surface area contributed by atoms with Gasteiger partial charge in [0.15, 0.2) is 0 Å². The van der Waals surface area contributed by atoms with E-state index in [9.17, 15) is 8.42 Å². The Labute approximate surface area is 183 Å². The summed E-state index contributed by atoms with van der Waals surface area (Å²) in [7, 11) is -3.56. The molecular weight excluding hydrogens is 412 g/mol. The predicted molar refractivity (Wildman–Crippen MR) is 120 cm³/mol. The SMILES string of the molecule is CCCCNS(=O)(=O)c1ccc2c(c1)nc(COc1ccc(C#N)cc1)n2CCCC. The molecule has 3 rings (SSSR count). The van der Waals surface area contributed by atoms with Crippen LogP contribution in [0.3, 0.4) is 0 Å². The van der Waals surface area contributed by atoms with Gasteiger partial charge in [0.25, 0.3) is 0 Å². The number of rotatable bonds is 11. The summed E-state index contributed by atoms with van der Waals surface area (Å²) in [6.45, 7) is 5.59. The van der Waals surface area contributed by atoms with Crippen molar-refractivity contribution in [2.24, 2.45) is 0 Å². The fraction of sp³-hybridized carbons (Fsp3) is 0.391. The number of imidazole rings is 1. The van der Waals surface area contributed by atoms with Gasteiger partial charge in [-0.05, 0) is 55.3 Å². The average Bonchev–Trinajstić information content (AvgIpc) is 3.13. The molecule has 3 aromatic rings. The van der Waals surface area contributed by atoms with Gasteiger partial charge < -0.3 is 9.30 Å². The Bertz CT molecular complexity index is 1160. The Morgan fingerprint density at radius 2 is 1.84 bits per heavy atom. The Hall–Kier alpha value is -2.89. The molecule has 0 fully saturated rings. The number of aryl methyl sites for hydroxylation is 1. The first-order valence-electron chi connectivity index (χ1n) is 10.6. The monoisotopic (exact) mass is 440 g/mol. The van der Waals surface area contributed by atoms with Crippen molar-refractivity contribution in [2.45, 2.75) is 57.6 Å². The number of sulfonamides is 1. The Morgan fingerprint density at radius 1 is 1.10 bits per heavy atom. The average molecular weight is 441 g/mol. The van der Waals surface area contributed by atoms with Crippen molar-refractivity contribution in [1.82, 2.24) is 14.3 Å². The third-order valence-electron chi connectivity index (χ3n) is 5.02. The molecule has 1 N–H and O–H groups in total. The lowest BCUT2D eigenvalue weighted by Gasteiger charge is -2.10. The van der Waals surface area contributed by atoms with Gasteiger partial charge in [-0.3, -0.25) is 0 Å². The minimum absolute atomic E-state index is 0.218. The second kappa shape index (κ2) is 10.4. The molecular formula is C23H28N4O3S. The van der Waals surface area contributed by atoms with E-state index in [1.807, 2.05) is 13.0 Å². The molecule has 0 spiro atoms. The van der Waals surface area contributed by atoms with E-state index in [0.29, 0.717) is 23.4 Å². The molecule has 0 bridgehead atoms. The van der Waals surface area contributed by atoms with Crippen molar-refractivity contribution >= 4 is 21.1 Å². The molecule has 0 radical (unpaired) electrons. The molecule has 0 aliphatic heterocycles. The lowest BCUT2D eigenvalue weighted by Crippen LogP contribution is -2.24. The molecule has 0 unspecified atom stereocenters. The summed E-state index contributed by atoms with van der Waals surface area (Å²) < 4.78 is 35.8. The van der Waals surface area contributed by atoms with E-state index < -0.39 is 10.0 Å². The summed E-state index contributed by atoms with van der Waals surface area (Å²) in [5, 5.41) is 8.92. The van der Waals surface area contributed by atoms with E-state index in [1.54, 1.807) is 36.4 Å². The molecule has 0 atom stereocenters. The van der Waals surface area contributed by atoms with Gasteiger partial charge >= 0.3 is 0 Å². The van der Waals surface area contributed by atoms with Gasteiger partial charge in [0.05, 0.1) is 27.6 Å². The normalized spacial score (nSPS) is 11.5. The van der Waals surface area contributed by atoms with E-state index in [2.05, 4.69) is 27.3 Å². The molecule has 0 aliphatic carbocycles. The van der Waals surface area contributed by atoms with Crippen molar-refractivity contribution < 1.29 is 13.2 Å². The summed E-state index contributed by atoms with van der Waals surface area (Å²) in [6.07, 6.45) is 3.73. The van der Waals surface area contributed by atoms with Crippen molar-refractivity contribution in [1.29, 1.82) is 5.26 Å². The number of nitrogens with one attached hydrogen (secondary N) is 1. The van der Waals surface area contributed by atoms with Gasteiger partial charge in [0.2, 0.25) is 10.0 Å². The standard InChI is InChI=1S/C23H28N4O3S/c1-3-5-13-25-31(28,29)20-11-12-22-21(15-20)26-23(27(22)14-6-4-2)17-30-19-9-7-18(16-24)8-10-19/h7-12,15,25H,3-6,13-14,17H2,1-2H3. The third-order valence-corrected chi connectivity index (χ3v) is 6.48. The van der Waals surface area contributed by atoms with Crippen LogP contribution in [0.5, 0.6) is 5.75 Å². The Balaban J connectivity index is 1.87. The van der Waals surface area contributed by atoms with Crippen molar-refractivity contribution in [3.8, 4) is 11.8 Å². The molecule has 0 amide bonds. The van der Waals surface area contributed by atoms with Gasteiger partial charge in [-0.1, -0.05) is 26.7 Å². The van der Waals surface area contributed by atoms with Gasteiger partial charge in [-0.15, -0.1) is 0 Å². The minimum Gasteiger partial charge on any atom is -0.486 e. The van der Waals surface area contributed by atoms with Crippen LogP contribution in [-0.4, -0.2) is 24.5 Å². The van der Waals surface area contributed by atoms with Crippen LogP contribution < -0.4 is 9.46 Å². The van der Waals surface area contributed by atoms with Crippen LogP contribution in [0.4, 0.5) is 0 Å². The number of hydrogen-bond acceptors (Lipinski definition) is 5. The first-order valence-corrected chi connectivity index (χ1v) is 12.1. The molecule has 1 heterocycles. The van der Waals surface area contributed by atoms with E-state index in [0.717, 1.165) is 43.6 Å². The quantitative estimate of drug-likeness (QED) is 0.447. The first-order chi connectivity index (χ1) is 15.0. The predicted octanol–water partition coefficient (Wildman–Crippen LogP) is 4.37. The maximum atomic E-state index is 12.6. The van der Waals surface area contributed by atoms with Crippen LogP contribution in [-0.2, 0) is 23.2 Å². The highest BCUT2D eigenvalue weighted by Crippen LogP contribution is 2.23. The van der Waals surface area contributed by atoms with E-state index in [4.69, 9.17) is 10.00 Å². The Kier molecular flexibility index (Phi) is 7.66. The molecule has 164 valence electrons. The van der Waals surface area contributed by atoms with Gasteiger partial charge in [0.1, 0.15) is 18.2 Å². The molecule has 2 aromatic carbocycles. The third kappa shape index (κ3) is 5.63. The topological polar surface area (TPSA) is 97.0 Å². The zero-order valence-corrected chi connectivity index (χ0v) is 18.8. The maximum Gasteiger partial charge on any atom is 0.240 e. The highest BCUT2D eigenvalue weighted by molar-refractivity contribution is 7.89. The van der Waals surface area contributed by atoms with Crippen LogP contribution in [0.15, 0.2) is 47.4 Å². The highest BCUT2D eigenvalue weighted by Gasteiger charge is 2.17. The van der Waals surface area contributed by atoms with Crippen molar-refractivity contribution in [3.05, 3.63) is 53.9 Å². The van der Waals surface area contributed by atoms with Crippen molar-refractivity contribution in [2.75, 3.05) is 6.54 Å². The summed E-state index contributed by atoms with van der Waals surface area (Å²) in [5.74, 6) is 1.39. The van der Waals surface area contributed by atoms with Crippen LogP contribution in [0.2, 0.25) is 0 Å². The number of benzene rings is 2. The second-order valence-corrected chi connectivity index (χ2v) is 9.13. The fourth-order valence-corrected chi connectivity index (χ4v) is 4.34. The number of ether oxygens (including phenoxy) is 1. The summed E-state index contributed by atoms with van der Waals surface area (Å²) in [5.41, 5.74) is 2.09. The molecule has 0 saturated heterocycles. The highest BCUT2D eigenvalue weighted by atomic mass is 32.2. The lowest BCUT2D eigenvalue weighted by atomic mass is 10.2. The molecule has 1 aromatic heterocycles. The van der Waals surface area contributed by atoms with Crippen LogP contribution in [0.25, 0.3) is 11.0 Å². The van der Waals surface area contributed by atoms with Crippen LogP contribution in [0.1, 0.15) is 50.9 Å². The van der Waals surface area contributed by atoms with Gasteiger partial charge in [0, 0.05) is 13.1 Å². The number of unbranched alkanes of at least 4 members (excludes halogenated alkanes) is 2. The lowest BCUT2D eigenvalue weighted by molar-refractivity contribution is 0.289. The fourth-order valence-electron chi connectivity index (χ4n) is 3.24. The zero-order chi connectivity index (χ0) is 22.3. The van der Waals surface area contributed by atoms with Crippen LogP contribution >= 0.6 is 0 Å². The number of fused-ring (bicyclic) bond motifs is 1. The van der Waals surface area contributed by atoms with E-state index in [-0.39, 0.29) is 11.5 Å². The van der Waals surface area contributed by atoms with Gasteiger partial charge in [-0.25, -0.2) is 18.1 Å². The number of hydrogen-bond donors (Lipinski definition) is 1. The molecule has 0 saturated carbocycles. The number of nitrogens with zero attached hydrogens (tertiary/aromatic N) is 3. The Morgan fingerprint density at radius 3 is 2.52 bits per heavy atom. The number of nitriles is 1. The van der Waals surface area contributed by atoms with E-state index in [1.165, 1.54) is 0 Å². The summed E-state index contributed by atoms with van der Waals surface area (Å²) in [4.78, 5) is 4.90. The minimum atomic E-state index is -3.56. The van der Waals surface area contributed by atoms with E-state index >= 15 is 0 Å². The molecule has 0 aliphatic rings. The maximum absolute atomic E-state index is 12.6. The second-order valence-electron chi connectivity index (χ2n) is 7.36. The summed E-state index contributed by atoms with van der Waals surface area (Å²) >= 11 is 0. The van der Waals surface area contributed by atoms with Crippen molar-refractivity contribution in [3.63, 3.8) is 0 Å². The van der Waals surface area contributed by atoms with Gasteiger partial charge in [-0.2, -0.15) is 5.26 Å². The first kappa shape index (κ1) is 22.8.